The van der Waals surface area contributed by atoms with E-state index in [1.165, 1.54) is 9.80 Å². The molecule has 12 nitrogen and oxygen atoms in total. The summed E-state index contributed by atoms with van der Waals surface area (Å²) in [5.41, 5.74) is 4.30. The van der Waals surface area contributed by atoms with E-state index in [4.69, 9.17) is 5.73 Å². The van der Waals surface area contributed by atoms with Crippen molar-refractivity contribution in [2.75, 3.05) is 33.0 Å². The van der Waals surface area contributed by atoms with Crippen molar-refractivity contribution in [3.8, 4) is 5.75 Å². The van der Waals surface area contributed by atoms with Gasteiger partial charge in [-0.25, -0.2) is 4.39 Å². The Kier molecular flexibility index (Phi) is 7.21. The van der Waals surface area contributed by atoms with E-state index in [2.05, 4.69) is 5.32 Å². The van der Waals surface area contributed by atoms with Gasteiger partial charge >= 0.3 is 0 Å². The molecule has 0 spiro atoms. The summed E-state index contributed by atoms with van der Waals surface area (Å²) in [4.78, 5) is 80.1. The Balaban J connectivity index is 1.87. The Bertz CT molecular complexity index is 1280. The molecule has 0 radical (unpaired) electrons. The lowest BCUT2D eigenvalue weighted by atomic mass is 9.67. The van der Waals surface area contributed by atoms with E-state index in [0.29, 0.717) is 0 Å². The van der Waals surface area contributed by atoms with E-state index in [1.807, 2.05) is 0 Å². The normalized spacial score (nSPS) is 28.8. The van der Waals surface area contributed by atoms with Crippen LogP contribution in [0.3, 0.4) is 0 Å². The maximum absolute atomic E-state index is 15.9. The van der Waals surface area contributed by atoms with Gasteiger partial charge < -0.3 is 26.2 Å². The number of benzene rings is 1. The van der Waals surface area contributed by atoms with Crippen LogP contribution in [0.5, 0.6) is 5.75 Å². The molecule has 0 bridgehead atoms. The molecule has 13 heteroatoms. The Morgan fingerprint density at radius 1 is 1.05 bits per heavy atom. The number of fused-ring (bicyclic) bond motifs is 3. The smallest absolute Gasteiger partial charge is 0.265 e. The zero-order valence-corrected chi connectivity index (χ0v) is 21.1. The highest BCUT2D eigenvalue weighted by Crippen LogP contribution is 2.45. The number of hydrogen-bond acceptors (Lipinski definition) is 10. The Hall–Kier alpha value is -3.55. The number of nitrogens with one attached hydrogen (secondary N) is 1. The number of aliphatic hydroxyl groups excluding tert-OH is 1. The third-order valence-electron chi connectivity index (χ3n) is 7.73. The Morgan fingerprint density at radius 3 is 2.32 bits per heavy atom. The van der Waals surface area contributed by atoms with Crippen LogP contribution in [0.2, 0.25) is 0 Å². The predicted octanol–water partition coefficient (Wildman–Crippen LogP) is -1.22. The predicted molar refractivity (Wildman–Crippen MR) is 128 cm³/mol. The standard InChI is InChI=1S/C25H29FN4O8/c1-29(2)12-5-4-9-6-10-15(21(34)18-11(17(10)26)7-30(3)8-13(31)28-18)20(33)14(9)22(35)24(37)23(36)16(19(12)32)25(27)38/h9,12,14,16,19,32,34H,4-8H2,1-3H3,(H2,27,38)(H,28,31). The van der Waals surface area contributed by atoms with Crippen LogP contribution in [0.4, 0.5) is 10.1 Å². The van der Waals surface area contributed by atoms with Gasteiger partial charge in [0.1, 0.15) is 11.7 Å². The maximum atomic E-state index is 15.9. The van der Waals surface area contributed by atoms with Crippen molar-refractivity contribution >= 4 is 40.6 Å². The Morgan fingerprint density at radius 2 is 1.71 bits per heavy atom. The van der Waals surface area contributed by atoms with Crippen molar-refractivity contribution in [3.05, 3.63) is 22.5 Å². The first-order valence-corrected chi connectivity index (χ1v) is 12.1. The van der Waals surface area contributed by atoms with Gasteiger partial charge in [-0.1, -0.05) is 0 Å². The summed E-state index contributed by atoms with van der Waals surface area (Å²) in [6.07, 6.45) is -1.81. The molecular weight excluding hydrogens is 503 g/mol. The molecule has 1 saturated carbocycles. The second-order valence-electron chi connectivity index (χ2n) is 10.4. The summed E-state index contributed by atoms with van der Waals surface area (Å²) in [6, 6.07) is -0.858. The zero-order chi connectivity index (χ0) is 28.2. The number of aliphatic hydroxyl groups is 1. The van der Waals surface area contributed by atoms with Gasteiger partial charge in [0.2, 0.25) is 23.4 Å². The van der Waals surface area contributed by atoms with Gasteiger partial charge in [-0.15, -0.1) is 0 Å². The van der Waals surface area contributed by atoms with E-state index in [9.17, 15) is 39.0 Å². The number of carbonyl (C=O) groups excluding carboxylic acids is 6. The first-order chi connectivity index (χ1) is 17.8. The highest BCUT2D eigenvalue weighted by Gasteiger charge is 2.51. The second kappa shape index (κ2) is 9.97. The number of aromatic hydroxyl groups is 1. The largest absolute Gasteiger partial charge is 0.505 e. The molecule has 1 heterocycles. The first-order valence-electron chi connectivity index (χ1n) is 12.1. The average molecular weight is 533 g/mol. The van der Waals surface area contributed by atoms with Crippen LogP contribution >= 0.6 is 0 Å². The number of nitrogens with two attached hydrogens (primary N) is 1. The van der Waals surface area contributed by atoms with E-state index in [1.54, 1.807) is 21.1 Å². The van der Waals surface area contributed by atoms with Crippen LogP contribution in [-0.2, 0) is 36.9 Å². The van der Waals surface area contributed by atoms with Gasteiger partial charge in [0.15, 0.2) is 11.5 Å². The molecule has 38 heavy (non-hydrogen) atoms. The molecule has 5 atom stereocenters. The molecular formula is C25H29FN4O8. The van der Waals surface area contributed by atoms with Crippen LogP contribution < -0.4 is 11.1 Å². The van der Waals surface area contributed by atoms with Crippen molar-refractivity contribution in [3.63, 3.8) is 0 Å². The number of phenols is 1. The van der Waals surface area contributed by atoms with Crippen LogP contribution in [0, 0.1) is 23.6 Å². The second-order valence-corrected chi connectivity index (χ2v) is 10.4. The van der Waals surface area contributed by atoms with Crippen molar-refractivity contribution in [1.29, 1.82) is 0 Å². The molecule has 204 valence electrons. The monoisotopic (exact) mass is 532 g/mol. The molecule has 0 aromatic heterocycles. The average Bonchev–Trinajstić information content (AvgIpc) is 2.98. The zero-order valence-electron chi connectivity index (χ0n) is 21.1. The number of rotatable bonds is 2. The number of halogens is 1. The fourth-order valence-electron chi connectivity index (χ4n) is 5.85. The van der Waals surface area contributed by atoms with Crippen LogP contribution in [0.1, 0.15) is 34.3 Å². The molecule has 1 fully saturated rings. The lowest BCUT2D eigenvalue weighted by Gasteiger charge is -2.37. The van der Waals surface area contributed by atoms with Crippen LogP contribution in [-0.4, -0.2) is 94.8 Å². The number of amides is 2. The first kappa shape index (κ1) is 27.5. The number of ketones is 4. The molecule has 1 aromatic carbocycles. The fraction of sp³-hybridized carbons (Fsp3) is 0.520. The Labute approximate surface area is 216 Å². The topological polar surface area (TPSA) is 187 Å². The van der Waals surface area contributed by atoms with E-state index >= 15 is 4.39 Å². The van der Waals surface area contributed by atoms with Gasteiger partial charge in [0.05, 0.1) is 29.8 Å². The summed E-state index contributed by atoms with van der Waals surface area (Å²) >= 11 is 0. The molecule has 3 aliphatic rings. The van der Waals surface area contributed by atoms with E-state index in [-0.39, 0.29) is 49.2 Å². The summed E-state index contributed by atoms with van der Waals surface area (Å²) in [5.74, 6) is -13.8. The third kappa shape index (κ3) is 4.40. The number of phenolic OH excluding ortho intramolecular Hbond substituents is 1. The minimum Gasteiger partial charge on any atom is -0.505 e. The quantitative estimate of drug-likeness (QED) is 0.204. The number of Topliss-reactive ketones (excluding diaryl/α,β-unsaturated/α-hetero) is 4. The summed E-state index contributed by atoms with van der Waals surface area (Å²) < 4.78 is 15.9. The van der Waals surface area contributed by atoms with E-state index < -0.39 is 82.0 Å². The van der Waals surface area contributed by atoms with Crippen LogP contribution in [0.15, 0.2) is 0 Å². The third-order valence-corrected chi connectivity index (χ3v) is 7.73. The highest BCUT2D eigenvalue weighted by atomic mass is 19.1. The maximum Gasteiger partial charge on any atom is 0.265 e. The lowest BCUT2D eigenvalue weighted by Crippen LogP contribution is -2.55. The van der Waals surface area contributed by atoms with Gasteiger partial charge in [-0.2, -0.15) is 0 Å². The fourth-order valence-corrected chi connectivity index (χ4v) is 5.85. The van der Waals surface area contributed by atoms with Gasteiger partial charge in [0.25, 0.3) is 5.78 Å². The molecule has 1 aliphatic heterocycles. The summed E-state index contributed by atoms with van der Waals surface area (Å²) in [7, 11) is 4.73. The van der Waals surface area contributed by atoms with Crippen molar-refractivity contribution in [1.82, 2.24) is 9.80 Å². The lowest BCUT2D eigenvalue weighted by molar-refractivity contribution is -0.152. The molecule has 2 amide bonds. The van der Waals surface area contributed by atoms with Crippen molar-refractivity contribution in [2.24, 2.45) is 23.5 Å². The SMILES string of the molecule is CN1CC(=O)Nc2c(O)c3c(c(F)c2C1)CC1CCC(N(C)C)C(O)C(C(N)=O)C(=O)C(=O)C(=O)C1C3=O. The molecule has 1 aromatic rings. The molecule has 5 unspecified atom stereocenters. The molecule has 2 aliphatic carbocycles. The number of carbonyl (C=O) groups is 6. The van der Waals surface area contributed by atoms with E-state index in [0.717, 1.165) is 0 Å². The molecule has 0 saturated heterocycles. The molecule has 4 rings (SSSR count). The van der Waals surface area contributed by atoms with Crippen molar-refractivity contribution in [2.45, 2.75) is 38.0 Å². The van der Waals surface area contributed by atoms with Crippen LogP contribution in [0.25, 0.3) is 0 Å². The number of hydrogen-bond donors (Lipinski definition) is 4. The summed E-state index contributed by atoms with van der Waals surface area (Å²) in [5, 5.41) is 24.2. The minimum absolute atomic E-state index is 0.0239. The molecule has 5 N–H and O–H groups in total. The number of likely N-dealkylation sites (N-methyl/N-ethyl adjacent to an activating group) is 2. The summed E-state index contributed by atoms with van der Waals surface area (Å²) in [6.45, 7) is -0.139. The van der Waals surface area contributed by atoms with Crippen molar-refractivity contribution < 1.29 is 43.4 Å². The minimum atomic E-state index is -2.00. The number of anilines is 1. The highest BCUT2D eigenvalue weighted by molar-refractivity contribution is 6.67. The van der Waals surface area contributed by atoms with Gasteiger partial charge in [-0.3, -0.25) is 33.7 Å². The van der Waals surface area contributed by atoms with Gasteiger partial charge in [0, 0.05) is 23.7 Å². The number of nitrogens with zero attached hydrogens (tertiary/aromatic N) is 2. The van der Waals surface area contributed by atoms with Gasteiger partial charge in [-0.05, 0) is 46.3 Å². The number of primary amides is 1.